The summed E-state index contributed by atoms with van der Waals surface area (Å²) >= 11 is 1.42. The van der Waals surface area contributed by atoms with Gasteiger partial charge in [-0.15, -0.1) is 0 Å². The summed E-state index contributed by atoms with van der Waals surface area (Å²) in [7, 11) is 0.899. The van der Waals surface area contributed by atoms with Crippen molar-refractivity contribution >= 4 is 44.0 Å². The third-order valence-electron chi connectivity index (χ3n) is 4.68. The Morgan fingerprint density at radius 1 is 1.27 bits per heavy atom. The Hall–Kier alpha value is -1.54. The quantitative estimate of drug-likeness (QED) is 0.763. The van der Waals surface area contributed by atoms with E-state index < -0.39 is 9.84 Å². The van der Waals surface area contributed by atoms with E-state index in [1.807, 2.05) is 55.1 Å². The molecule has 26 heavy (non-hydrogen) atoms. The number of sulfone groups is 1. The van der Waals surface area contributed by atoms with E-state index in [4.69, 9.17) is 0 Å². The lowest BCUT2D eigenvalue weighted by atomic mass is 10.2. The first-order valence-corrected chi connectivity index (χ1v) is 11.6. The van der Waals surface area contributed by atoms with Gasteiger partial charge < -0.3 is 9.80 Å². The summed E-state index contributed by atoms with van der Waals surface area (Å²) in [5.74, 6) is 0.131. The van der Waals surface area contributed by atoms with Crippen LogP contribution in [0, 0.1) is 0 Å². The average molecular weight is 396 g/mol. The minimum absolute atomic E-state index is 0.0637. The van der Waals surface area contributed by atoms with Crippen LogP contribution in [0.1, 0.15) is 26.2 Å². The molecule has 1 amide bonds. The summed E-state index contributed by atoms with van der Waals surface area (Å²) in [5.41, 5.74) is 1.95. The highest BCUT2D eigenvalue weighted by Crippen LogP contribution is 2.41. The third-order valence-corrected chi connectivity index (χ3v) is 7.89. The topological polar surface area (TPSA) is 70.0 Å². The van der Waals surface area contributed by atoms with Crippen molar-refractivity contribution in [2.45, 2.75) is 37.5 Å². The van der Waals surface area contributed by atoms with Gasteiger partial charge in [0.2, 0.25) is 5.91 Å². The molecule has 3 rings (SSSR count). The number of hydrogen-bond acceptors (Lipinski definition) is 5. The molecule has 0 radical (unpaired) electrons. The fraction of sp³-hybridized carbons (Fsp3) is 0.556. The van der Waals surface area contributed by atoms with Gasteiger partial charge in [0.1, 0.15) is 0 Å². The monoisotopic (exact) mass is 395 g/mol. The lowest BCUT2D eigenvalue weighted by Crippen LogP contribution is -2.37. The Balaban J connectivity index is 1.92. The van der Waals surface area contributed by atoms with Gasteiger partial charge in [0.25, 0.3) is 0 Å². The largest absolute Gasteiger partial charge is 0.378 e. The molecule has 8 heteroatoms. The van der Waals surface area contributed by atoms with Gasteiger partial charge >= 0.3 is 0 Å². The second kappa shape index (κ2) is 7.60. The van der Waals surface area contributed by atoms with Gasteiger partial charge in [0, 0.05) is 37.1 Å². The third kappa shape index (κ3) is 4.06. The molecule has 2 fully saturated rings. The summed E-state index contributed by atoms with van der Waals surface area (Å²) in [5, 5.41) is 0.569. The predicted octanol–water partition coefficient (Wildman–Crippen LogP) is 2.54. The normalized spacial score (nSPS) is 25.5. The zero-order valence-corrected chi connectivity index (χ0v) is 17.0. The highest BCUT2D eigenvalue weighted by atomic mass is 32.2. The van der Waals surface area contributed by atoms with Crippen molar-refractivity contribution in [1.29, 1.82) is 0 Å². The lowest BCUT2D eigenvalue weighted by Gasteiger charge is -2.25. The van der Waals surface area contributed by atoms with Gasteiger partial charge in [-0.05, 0) is 30.7 Å². The maximum absolute atomic E-state index is 12.2. The van der Waals surface area contributed by atoms with Crippen LogP contribution >= 0.6 is 11.8 Å². The maximum Gasteiger partial charge on any atom is 0.248 e. The van der Waals surface area contributed by atoms with E-state index in [1.54, 1.807) is 0 Å². The molecule has 0 N–H and O–H groups in total. The Bertz CT molecular complexity index is 803. The van der Waals surface area contributed by atoms with Crippen molar-refractivity contribution in [2.24, 2.45) is 4.99 Å². The fourth-order valence-corrected chi connectivity index (χ4v) is 7.20. The molecule has 2 atom stereocenters. The summed E-state index contributed by atoms with van der Waals surface area (Å²) < 4.78 is 24.2. The summed E-state index contributed by atoms with van der Waals surface area (Å²) in [4.78, 5) is 20.4. The maximum atomic E-state index is 12.2. The molecular formula is C18H25N3O3S2. The molecule has 1 aromatic carbocycles. The molecule has 2 saturated heterocycles. The number of carbonyl (C=O) groups excluding carboxylic acids is 1. The molecule has 0 aromatic heterocycles. The van der Waals surface area contributed by atoms with Gasteiger partial charge in [0.05, 0.1) is 17.5 Å². The van der Waals surface area contributed by atoms with E-state index in [1.165, 1.54) is 11.8 Å². The number of fused-ring (bicyclic) bond motifs is 1. The molecule has 142 valence electrons. The minimum atomic E-state index is -3.04. The summed E-state index contributed by atoms with van der Waals surface area (Å²) in [6, 6.07) is 7.76. The highest BCUT2D eigenvalue weighted by Gasteiger charge is 2.49. The van der Waals surface area contributed by atoms with Crippen molar-refractivity contribution in [3.05, 3.63) is 24.3 Å². The van der Waals surface area contributed by atoms with Crippen LogP contribution < -0.4 is 9.80 Å². The van der Waals surface area contributed by atoms with E-state index in [-0.39, 0.29) is 28.7 Å². The summed E-state index contributed by atoms with van der Waals surface area (Å²) in [6.45, 7) is 2.04. The molecule has 6 nitrogen and oxygen atoms in total. The van der Waals surface area contributed by atoms with Gasteiger partial charge in [0.15, 0.2) is 15.0 Å². The average Bonchev–Trinajstić information content (AvgIpc) is 3.03. The number of benzene rings is 1. The van der Waals surface area contributed by atoms with Crippen LogP contribution in [0.2, 0.25) is 0 Å². The Morgan fingerprint density at radius 2 is 1.96 bits per heavy atom. The Labute approximate surface area is 159 Å². The second-order valence-corrected chi connectivity index (χ2v) is 10.3. The molecule has 2 aliphatic rings. The number of thioether (sulfide) groups is 1. The van der Waals surface area contributed by atoms with Crippen LogP contribution in [0.3, 0.4) is 0 Å². The smallest absolute Gasteiger partial charge is 0.248 e. The summed E-state index contributed by atoms with van der Waals surface area (Å²) in [6.07, 6.45) is 2.20. The van der Waals surface area contributed by atoms with Crippen molar-refractivity contribution in [3.63, 3.8) is 0 Å². The first kappa shape index (κ1) is 19.2. The number of carbonyl (C=O) groups is 1. The molecule has 2 heterocycles. The Morgan fingerprint density at radius 3 is 2.58 bits per heavy atom. The van der Waals surface area contributed by atoms with Crippen molar-refractivity contribution in [2.75, 3.05) is 35.4 Å². The number of hydrogen-bond donors (Lipinski definition) is 0. The second-order valence-electron chi connectivity index (χ2n) is 6.97. The minimum Gasteiger partial charge on any atom is -0.378 e. The van der Waals surface area contributed by atoms with Crippen LogP contribution in [0.5, 0.6) is 0 Å². The first-order chi connectivity index (χ1) is 12.3. The highest BCUT2D eigenvalue weighted by molar-refractivity contribution is 8.16. The van der Waals surface area contributed by atoms with Gasteiger partial charge in [-0.2, -0.15) is 4.99 Å². The van der Waals surface area contributed by atoms with Crippen LogP contribution in [0.25, 0.3) is 0 Å². The molecule has 0 saturated carbocycles. The molecule has 2 aliphatic heterocycles. The number of unbranched alkanes of at least 4 members (excludes halogenated alkanes) is 1. The van der Waals surface area contributed by atoms with E-state index in [0.29, 0.717) is 11.6 Å². The van der Waals surface area contributed by atoms with Crippen molar-refractivity contribution < 1.29 is 13.2 Å². The van der Waals surface area contributed by atoms with E-state index >= 15 is 0 Å². The SMILES string of the molecule is CCCCC(=O)N=C1S[C@@H]2CS(=O)(=O)C[C@H]2N1c1ccc(N(C)C)cc1. The predicted molar refractivity (Wildman–Crippen MR) is 109 cm³/mol. The molecule has 0 spiro atoms. The number of aliphatic imine (C=N–C) groups is 1. The number of anilines is 2. The first-order valence-electron chi connectivity index (χ1n) is 8.86. The number of amidine groups is 1. The fourth-order valence-electron chi connectivity index (χ4n) is 3.27. The molecule has 0 bridgehead atoms. The molecule has 0 unspecified atom stereocenters. The van der Waals surface area contributed by atoms with Crippen LogP contribution in [-0.2, 0) is 14.6 Å². The molecule has 1 aromatic rings. The number of amides is 1. The van der Waals surface area contributed by atoms with Gasteiger partial charge in [-0.3, -0.25) is 4.79 Å². The van der Waals surface area contributed by atoms with Crippen LogP contribution in [0.4, 0.5) is 11.4 Å². The molecule has 0 aliphatic carbocycles. The van der Waals surface area contributed by atoms with E-state index in [9.17, 15) is 13.2 Å². The Kier molecular flexibility index (Phi) is 5.62. The van der Waals surface area contributed by atoms with Crippen LogP contribution in [-0.4, -0.2) is 56.4 Å². The zero-order valence-electron chi connectivity index (χ0n) is 15.4. The number of rotatable bonds is 5. The van der Waals surface area contributed by atoms with Crippen LogP contribution in [0.15, 0.2) is 29.3 Å². The number of nitrogens with zero attached hydrogens (tertiary/aromatic N) is 3. The van der Waals surface area contributed by atoms with Gasteiger partial charge in [-0.1, -0.05) is 25.1 Å². The van der Waals surface area contributed by atoms with E-state index in [0.717, 1.165) is 24.2 Å². The van der Waals surface area contributed by atoms with Crippen molar-refractivity contribution in [1.82, 2.24) is 0 Å². The van der Waals surface area contributed by atoms with Crippen molar-refractivity contribution in [3.8, 4) is 0 Å². The zero-order chi connectivity index (χ0) is 18.9. The lowest BCUT2D eigenvalue weighted by molar-refractivity contribution is -0.117. The van der Waals surface area contributed by atoms with E-state index in [2.05, 4.69) is 4.99 Å². The molecular weight excluding hydrogens is 370 g/mol. The van der Waals surface area contributed by atoms with Gasteiger partial charge in [-0.25, -0.2) is 8.42 Å². The standard InChI is InChI=1S/C18H25N3O3S2/c1-4-5-6-17(22)19-18-21(14-9-7-13(8-10-14)20(2)3)15-11-26(23,24)12-16(15)25-18/h7-10,15-16H,4-6,11-12H2,1-3H3/t15-,16-/m1/s1.